The van der Waals surface area contributed by atoms with Crippen LogP contribution in [0.1, 0.15) is 10.4 Å². The highest BCUT2D eigenvalue weighted by Crippen LogP contribution is 2.21. The number of rotatable bonds is 4. The number of phenols is 1. The molecule has 110 valence electrons. The second kappa shape index (κ2) is 5.49. The number of nitrogens with one attached hydrogen (secondary N) is 2. The second-order valence-electron chi connectivity index (χ2n) is 4.22. The van der Waals surface area contributed by atoms with E-state index in [4.69, 9.17) is 5.11 Å². The van der Waals surface area contributed by atoms with Gasteiger partial charge >= 0.3 is 12.0 Å². The molecule has 0 saturated carbocycles. The first-order chi connectivity index (χ1) is 9.88. The van der Waals surface area contributed by atoms with E-state index in [1.54, 1.807) is 0 Å². The highest BCUT2D eigenvalue weighted by atomic mass is 16.4. The zero-order valence-electron chi connectivity index (χ0n) is 10.6. The fraction of sp³-hybridized carbons (Fsp3) is 0.167. The topological polar surface area (TPSA) is 136 Å². The van der Waals surface area contributed by atoms with E-state index in [-0.39, 0.29) is 17.8 Å². The van der Waals surface area contributed by atoms with Gasteiger partial charge in [-0.05, 0) is 12.1 Å². The quantitative estimate of drug-likeness (QED) is 0.557. The summed E-state index contributed by atoms with van der Waals surface area (Å²) in [6.07, 6.45) is 0. The van der Waals surface area contributed by atoms with E-state index in [2.05, 4.69) is 10.6 Å². The average Bonchev–Trinajstić information content (AvgIpc) is 2.70. The van der Waals surface area contributed by atoms with E-state index in [0.29, 0.717) is 0 Å². The number of hydrogen-bond donors (Lipinski definition) is 4. The molecule has 0 unspecified atom stereocenters. The number of carboxylic acids is 1. The molecule has 9 nitrogen and oxygen atoms in total. The summed E-state index contributed by atoms with van der Waals surface area (Å²) in [5, 5.41) is 22.9. The van der Waals surface area contributed by atoms with Gasteiger partial charge < -0.3 is 20.8 Å². The number of aromatic hydroxyl groups is 1. The molecule has 1 heterocycles. The Balaban J connectivity index is 2.03. The van der Waals surface area contributed by atoms with E-state index in [9.17, 15) is 24.3 Å². The molecule has 0 atom stereocenters. The Hall–Kier alpha value is -3.10. The van der Waals surface area contributed by atoms with Crippen LogP contribution in [0.3, 0.4) is 0 Å². The monoisotopic (exact) mass is 293 g/mol. The SMILES string of the molecule is O=C(CN1C(=O)CNC1=O)Nc1ccc(C(=O)O)c(O)c1. The standard InChI is InChI=1S/C12H11N3O6/c16-8-3-6(1-2-7(8)11(19)20)14-9(17)5-15-10(18)4-13-12(15)21/h1-3,16H,4-5H2,(H,13,21)(H,14,17)(H,19,20). The molecular formula is C12H11N3O6. The minimum atomic E-state index is -1.30. The van der Waals surface area contributed by atoms with Crippen molar-refractivity contribution >= 4 is 29.5 Å². The van der Waals surface area contributed by atoms with Crippen LogP contribution in [0.4, 0.5) is 10.5 Å². The number of imide groups is 1. The fourth-order valence-corrected chi connectivity index (χ4v) is 1.75. The highest BCUT2D eigenvalue weighted by Gasteiger charge is 2.30. The van der Waals surface area contributed by atoms with Crippen molar-refractivity contribution in [3.63, 3.8) is 0 Å². The summed E-state index contributed by atoms with van der Waals surface area (Å²) in [5.41, 5.74) is -0.156. The van der Waals surface area contributed by atoms with Gasteiger partial charge in [-0.3, -0.25) is 14.5 Å². The summed E-state index contributed by atoms with van der Waals surface area (Å²) in [5.74, 6) is -2.97. The summed E-state index contributed by atoms with van der Waals surface area (Å²) in [6.45, 7) is -0.619. The Labute approximate surface area is 118 Å². The molecule has 0 radical (unpaired) electrons. The number of amides is 4. The predicted molar refractivity (Wildman–Crippen MR) is 68.8 cm³/mol. The van der Waals surface area contributed by atoms with Crippen LogP contribution in [0.15, 0.2) is 18.2 Å². The Morgan fingerprint density at radius 3 is 2.57 bits per heavy atom. The summed E-state index contributed by atoms with van der Waals surface area (Å²) >= 11 is 0. The number of carbonyl (C=O) groups is 4. The predicted octanol–water partition coefficient (Wildman–Crippen LogP) is -0.419. The second-order valence-corrected chi connectivity index (χ2v) is 4.22. The molecule has 2 rings (SSSR count). The van der Waals surface area contributed by atoms with Crippen LogP contribution in [0.25, 0.3) is 0 Å². The molecule has 1 aromatic rings. The lowest BCUT2D eigenvalue weighted by Crippen LogP contribution is -2.38. The van der Waals surface area contributed by atoms with Crippen molar-refractivity contribution in [3.05, 3.63) is 23.8 Å². The van der Waals surface area contributed by atoms with Crippen molar-refractivity contribution < 1.29 is 29.4 Å². The maximum atomic E-state index is 11.7. The first-order valence-corrected chi connectivity index (χ1v) is 5.83. The molecule has 0 aliphatic carbocycles. The molecule has 21 heavy (non-hydrogen) atoms. The molecule has 9 heteroatoms. The van der Waals surface area contributed by atoms with Crippen molar-refractivity contribution in [2.24, 2.45) is 0 Å². The van der Waals surface area contributed by atoms with E-state index >= 15 is 0 Å². The molecule has 0 bridgehead atoms. The number of urea groups is 1. The number of hydrogen-bond acceptors (Lipinski definition) is 5. The van der Waals surface area contributed by atoms with Gasteiger partial charge in [-0.25, -0.2) is 9.59 Å². The van der Waals surface area contributed by atoms with Crippen molar-refractivity contribution in [2.75, 3.05) is 18.4 Å². The normalized spacial score (nSPS) is 14.0. The van der Waals surface area contributed by atoms with Crippen molar-refractivity contribution in [1.82, 2.24) is 10.2 Å². The number of carboxylic acid groups (broad SMARTS) is 1. The van der Waals surface area contributed by atoms with Crippen LogP contribution in [0.5, 0.6) is 5.75 Å². The molecule has 1 aliphatic rings. The van der Waals surface area contributed by atoms with Gasteiger partial charge in [0.1, 0.15) is 17.9 Å². The van der Waals surface area contributed by atoms with Gasteiger partial charge in [0.05, 0.1) is 6.54 Å². The van der Waals surface area contributed by atoms with Crippen LogP contribution >= 0.6 is 0 Å². The minimum Gasteiger partial charge on any atom is -0.507 e. The Bertz CT molecular complexity index is 626. The Morgan fingerprint density at radius 1 is 1.33 bits per heavy atom. The fourth-order valence-electron chi connectivity index (χ4n) is 1.75. The van der Waals surface area contributed by atoms with Crippen LogP contribution in [0, 0.1) is 0 Å². The van der Waals surface area contributed by atoms with E-state index in [1.807, 2.05) is 0 Å². The zero-order chi connectivity index (χ0) is 15.6. The average molecular weight is 293 g/mol. The van der Waals surface area contributed by atoms with E-state index in [0.717, 1.165) is 17.0 Å². The molecule has 4 amide bonds. The third-order valence-electron chi connectivity index (χ3n) is 2.75. The molecule has 0 spiro atoms. The van der Waals surface area contributed by atoms with Crippen molar-refractivity contribution in [1.29, 1.82) is 0 Å². The third-order valence-corrected chi connectivity index (χ3v) is 2.75. The Morgan fingerprint density at radius 2 is 2.05 bits per heavy atom. The Kier molecular flexibility index (Phi) is 3.74. The van der Waals surface area contributed by atoms with Gasteiger partial charge in [-0.15, -0.1) is 0 Å². The van der Waals surface area contributed by atoms with Crippen LogP contribution in [-0.2, 0) is 9.59 Å². The van der Waals surface area contributed by atoms with E-state index in [1.165, 1.54) is 6.07 Å². The summed E-state index contributed by atoms with van der Waals surface area (Å²) < 4.78 is 0. The van der Waals surface area contributed by atoms with Gasteiger partial charge in [0.25, 0.3) is 5.91 Å². The first kappa shape index (κ1) is 14.3. The zero-order valence-corrected chi connectivity index (χ0v) is 10.6. The van der Waals surface area contributed by atoms with Gasteiger partial charge in [0.15, 0.2) is 0 Å². The van der Waals surface area contributed by atoms with E-state index < -0.39 is 36.1 Å². The molecule has 1 aliphatic heterocycles. The lowest BCUT2D eigenvalue weighted by Gasteiger charge is -2.12. The molecular weight excluding hydrogens is 282 g/mol. The molecule has 1 aromatic carbocycles. The first-order valence-electron chi connectivity index (χ1n) is 5.83. The number of anilines is 1. The summed E-state index contributed by atoms with van der Waals surface area (Å²) in [7, 11) is 0. The number of aromatic carboxylic acids is 1. The maximum absolute atomic E-state index is 11.7. The number of benzene rings is 1. The highest BCUT2D eigenvalue weighted by molar-refractivity contribution is 6.06. The molecule has 4 N–H and O–H groups in total. The number of carbonyl (C=O) groups excluding carboxylic acids is 3. The minimum absolute atomic E-state index is 0.148. The van der Waals surface area contributed by atoms with Crippen LogP contribution < -0.4 is 10.6 Å². The summed E-state index contributed by atoms with van der Waals surface area (Å²) in [6, 6.07) is 2.82. The van der Waals surface area contributed by atoms with Gasteiger partial charge in [-0.1, -0.05) is 0 Å². The van der Waals surface area contributed by atoms with Crippen LogP contribution in [0.2, 0.25) is 0 Å². The molecule has 1 fully saturated rings. The largest absolute Gasteiger partial charge is 0.507 e. The van der Waals surface area contributed by atoms with Gasteiger partial charge in [0.2, 0.25) is 5.91 Å². The van der Waals surface area contributed by atoms with Crippen molar-refractivity contribution in [3.8, 4) is 5.75 Å². The van der Waals surface area contributed by atoms with Gasteiger partial charge in [-0.2, -0.15) is 0 Å². The third kappa shape index (κ3) is 3.08. The lowest BCUT2D eigenvalue weighted by molar-refractivity contribution is -0.128. The van der Waals surface area contributed by atoms with Crippen LogP contribution in [-0.4, -0.2) is 52.0 Å². The smallest absolute Gasteiger partial charge is 0.339 e. The molecule has 1 saturated heterocycles. The maximum Gasteiger partial charge on any atom is 0.339 e. The molecule has 0 aromatic heterocycles. The number of nitrogens with zero attached hydrogens (tertiary/aromatic N) is 1. The lowest BCUT2D eigenvalue weighted by atomic mass is 10.2. The summed E-state index contributed by atoms with van der Waals surface area (Å²) in [4.78, 5) is 45.7. The van der Waals surface area contributed by atoms with Gasteiger partial charge in [0, 0.05) is 11.8 Å². The van der Waals surface area contributed by atoms with Crippen molar-refractivity contribution in [2.45, 2.75) is 0 Å².